The SMILES string of the molecule is Cc1cccc(C(=O)N/C(=C\c2ccco2)C(=O)NC(c2ccccc2)c2ccccc2C)c1. The molecule has 2 amide bonds. The minimum Gasteiger partial charge on any atom is -0.465 e. The summed E-state index contributed by atoms with van der Waals surface area (Å²) in [6, 6.07) is 27.9. The van der Waals surface area contributed by atoms with E-state index in [4.69, 9.17) is 4.42 Å². The van der Waals surface area contributed by atoms with Crippen LogP contribution in [0.1, 0.15) is 44.4 Å². The van der Waals surface area contributed by atoms with Gasteiger partial charge in [-0.3, -0.25) is 9.59 Å². The maximum atomic E-state index is 13.5. The predicted molar refractivity (Wildman–Crippen MR) is 133 cm³/mol. The van der Waals surface area contributed by atoms with E-state index in [0.29, 0.717) is 11.3 Å². The third-order valence-corrected chi connectivity index (χ3v) is 5.51. The molecule has 0 bridgehead atoms. The van der Waals surface area contributed by atoms with Crippen molar-refractivity contribution < 1.29 is 14.0 Å². The maximum Gasteiger partial charge on any atom is 0.268 e. The van der Waals surface area contributed by atoms with Gasteiger partial charge in [-0.05, 0) is 54.8 Å². The lowest BCUT2D eigenvalue weighted by molar-refractivity contribution is -0.118. The third-order valence-electron chi connectivity index (χ3n) is 5.51. The van der Waals surface area contributed by atoms with E-state index in [9.17, 15) is 9.59 Å². The van der Waals surface area contributed by atoms with Gasteiger partial charge in [-0.15, -0.1) is 0 Å². The largest absolute Gasteiger partial charge is 0.465 e. The molecule has 0 aliphatic heterocycles. The van der Waals surface area contributed by atoms with E-state index in [1.807, 2.05) is 80.6 Å². The molecule has 0 aliphatic carbocycles. The second-order valence-electron chi connectivity index (χ2n) is 8.07. The minimum absolute atomic E-state index is 0.0935. The van der Waals surface area contributed by atoms with Crippen molar-refractivity contribution in [3.63, 3.8) is 0 Å². The van der Waals surface area contributed by atoms with Crippen molar-refractivity contribution in [2.24, 2.45) is 0 Å². The number of nitrogens with one attached hydrogen (secondary N) is 2. The van der Waals surface area contributed by atoms with Crippen LogP contribution < -0.4 is 10.6 Å². The van der Waals surface area contributed by atoms with Gasteiger partial charge >= 0.3 is 0 Å². The quantitative estimate of drug-likeness (QED) is 0.362. The summed E-state index contributed by atoms with van der Waals surface area (Å²) < 4.78 is 5.41. The van der Waals surface area contributed by atoms with Gasteiger partial charge in [0.05, 0.1) is 12.3 Å². The van der Waals surface area contributed by atoms with Crippen LogP contribution in [-0.4, -0.2) is 11.8 Å². The molecule has 0 spiro atoms. The molecule has 5 heteroatoms. The second-order valence-corrected chi connectivity index (χ2v) is 8.07. The smallest absolute Gasteiger partial charge is 0.268 e. The van der Waals surface area contributed by atoms with E-state index in [-0.39, 0.29) is 11.6 Å². The van der Waals surface area contributed by atoms with Crippen LogP contribution in [0.15, 0.2) is 107 Å². The Balaban J connectivity index is 1.67. The van der Waals surface area contributed by atoms with Crippen molar-refractivity contribution in [2.45, 2.75) is 19.9 Å². The first-order chi connectivity index (χ1) is 16.5. The van der Waals surface area contributed by atoms with E-state index in [1.165, 1.54) is 12.3 Å². The molecule has 4 rings (SSSR count). The number of rotatable bonds is 7. The Labute approximate surface area is 199 Å². The van der Waals surface area contributed by atoms with Crippen LogP contribution in [0.5, 0.6) is 0 Å². The van der Waals surface area contributed by atoms with Crippen LogP contribution in [0, 0.1) is 13.8 Å². The molecular formula is C29H26N2O3. The molecule has 170 valence electrons. The third kappa shape index (κ3) is 5.51. The van der Waals surface area contributed by atoms with Crippen LogP contribution >= 0.6 is 0 Å². The summed E-state index contributed by atoms with van der Waals surface area (Å²) >= 11 is 0. The highest BCUT2D eigenvalue weighted by Crippen LogP contribution is 2.25. The number of benzene rings is 3. The summed E-state index contributed by atoms with van der Waals surface area (Å²) in [7, 11) is 0. The molecular weight excluding hydrogens is 424 g/mol. The first-order valence-corrected chi connectivity index (χ1v) is 11.1. The lowest BCUT2D eigenvalue weighted by Gasteiger charge is -2.22. The zero-order chi connectivity index (χ0) is 23.9. The topological polar surface area (TPSA) is 71.3 Å². The summed E-state index contributed by atoms with van der Waals surface area (Å²) in [6.07, 6.45) is 3.05. The number of hydrogen-bond donors (Lipinski definition) is 2. The van der Waals surface area contributed by atoms with Crippen LogP contribution in [0.25, 0.3) is 6.08 Å². The summed E-state index contributed by atoms with van der Waals surface area (Å²) in [5.74, 6) is -0.333. The summed E-state index contributed by atoms with van der Waals surface area (Å²) in [4.78, 5) is 26.5. The van der Waals surface area contributed by atoms with Crippen molar-refractivity contribution in [3.05, 3.63) is 137 Å². The van der Waals surface area contributed by atoms with Crippen LogP contribution in [0.4, 0.5) is 0 Å². The lowest BCUT2D eigenvalue weighted by Crippen LogP contribution is -2.37. The highest BCUT2D eigenvalue weighted by atomic mass is 16.3. The molecule has 0 radical (unpaired) electrons. The Kier molecular flexibility index (Phi) is 7.04. The Bertz CT molecular complexity index is 1310. The molecule has 2 N–H and O–H groups in total. The number of hydrogen-bond acceptors (Lipinski definition) is 3. The molecule has 1 atom stereocenters. The second kappa shape index (κ2) is 10.5. The fraction of sp³-hybridized carbons (Fsp3) is 0.103. The molecule has 0 aliphatic rings. The molecule has 0 saturated carbocycles. The number of aryl methyl sites for hydroxylation is 2. The van der Waals surface area contributed by atoms with E-state index >= 15 is 0 Å². The van der Waals surface area contributed by atoms with E-state index in [1.54, 1.807) is 24.3 Å². The molecule has 1 unspecified atom stereocenters. The Hall–Kier alpha value is -4.38. The molecule has 1 aromatic heterocycles. The van der Waals surface area contributed by atoms with Gasteiger partial charge in [0.2, 0.25) is 0 Å². The first kappa shape index (κ1) is 22.8. The van der Waals surface area contributed by atoms with Gasteiger partial charge in [0, 0.05) is 11.6 Å². The van der Waals surface area contributed by atoms with Crippen molar-refractivity contribution in [3.8, 4) is 0 Å². The van der Waals surface area contributed by atoms with Gasteiger partial charge in [-0.2, -0.15) is 0 Å². The molecule has 0 saturated heterocycles. The average Bonchev–Trinajstić information content (AvgIpc) is 3.36. The average molecular weight is 451 g/mol. The standard InChI is InChI=1S/C29H26N2O3/c1-20-10-8-14-23(18-20)28(32)30-26(19-24-15-9-17-34-24)29(33)31-27(22-12-4-3-5-13-22)25-16-7-6-11-21(25)2/h3-19,27H,1-2H3,(H,30,32)(H,31,33)/b26-19-. The molecule has 34 heavy (non-hydrogen) atoms. The van der Waals surface area contributed by atoms with Gasteiger partial charge < -0.3 is 15.1 Å². The number of carbonyl (C=O) groups is 2. The maximum absolute atomic E-state index is 13.5. The zero-order valence-electron chi connectivity index (χ0n) is 19.1. The summed E-state index contributed by atoms with van der Waals surface area (Å²) in [5, 5.41) is 5.88. The Morgan fingerprint density at radius 3 is 2.32 bits per heavy atom. The van der Waals surface area contributed by atoms with E-state index in [0.717, 1.165) is 22.3 Å². The minimum atomic E-state index is -0.422. The highest BCUT2D eigenvalue weighted by Gasteiger charge is 2.22. The summed E-state index contributed by atoms with van der Waals surface area (Å²) in [5.41, 5.74) is 4.49. The predicted octanol–water partition coefficient (Wildman–Crippen LogP) is 5.57. The first-order valence-electron chi connectivity index (χ1n) is 11.1. The van der Waals surface area contributed by atoms with Crippen LogP contribution in [0.2, 0.25) is 0 Å². The fourth-order valence-corrected chi connectivity index (χ4v) is 3.76. The highest BCUT2D eigenvalue weighted by molar-refractivity contribution is 6.05. The number of amides is 2. The molecule has 1 heterocycles. The lowest BCUT2D eigenvalue weighted by atomic mass is 9.95. The Morgan fingerprint density at radius 2 is 1.62 bits per heavy atom. The van der Waals surface area contributed by atoms with Crippen molar-refractivity contribution >= 4 is 17.9 Å². The number of furan rings is 1. The van der Waals surface area contributed by atoms with Crippen molar-refractivity contribution in [1.82, 2.24) is 10.6 Å². The molecule has 5 nitrogen and oxygen atoms in total. The Morgan fingerprint density at radius 1 is 0.853 bits per heavy atom. The van der Waals surface area contributed by atoms with Crippen molar-refractivity contribution in [2.75, 3.05) is 0 Å². The molecule has 4 aromatic rings. The van der Waals surface area contributed by atoms with Gasteiger partial charge in [0.1, 0.15) is 11.5 Å². The van der Waals surface area contributed by atoms with E-state index in [2.05, 4.69) is 10.6 Å². The van der Waals surface area contributed by atoms with Gasteiger partial charge in [-0.25, -0.2) is 0 Å². The van der Waals surface area contributed by atoms with Gasteiger partial charge in [0.25, 0.3) is 11.8 Å². The van der Waals surface area contributed by atoms with Crippen LogP contribution in [-0.2, 0) is 4.79 Å². The fourth-order valence-electron chi connectivity index (χ4n) is 3.76. The normalized spacial score (nSPS) is 12.1. The van der Waals surface area contributed by atoms with Gasteiger partial charge in [-0.1, -0.05) is 72.3 Å². The number of carbonyl (C=O) groups excluding carboxylic acids is 2. The zero-order valence-corrected chi connectivity index (χ0v) is 19.1. The van der Waals surface area contributed by atoms with Gasteiger partial charge in [0.15, 0.2) is 0 Å². The molecule has 0 fully saturated rings. The summed E-state index contributed by atoms with van der Waals surface area (Å²) in [6.45, 7) is 3.92. The van der Waals surface area contributed by atoms with Crippen molar-refractivity contribution in [1.29, 1.82) is 0 Å². The van der Waals surface area contributed by atoms with E-state index < -0.39 is 11.9 Å². The molecule has 3 aromatic carbocycles. The monoisotopic (exact) mass is 450 g/mol. The van der Waals surface area contributed by atoms with Crippen LogP contribution in [0.3, 0.4) is 0 Å².